The summed E-state index contributed by atoms with van der Waals surface area (Å²) in [6.07, 6.45) is 4.09. The molecule has 0 unspecified atom stereocenters. The number of nitrogens with zero attached hydrogens (tertiary/aromatic N) is 1. The first-order chi connectivity index (χ1) is 18.7. The number of oxazole rings is 1. The summed E-state index contributed by atoms with van der Waals surface area (Å²) in [7, 11) is -3.83. The summed E-state index contributed by atoms with van der Waals surface area (Å²) in [4.78, 5) is 4.61. The minimum Gasteiger partial charge on any atom is -0.489 e. The van der Waals surface area contributed by atoms with Crippen molar-refractivity contribution in [2.45, 2.75) is 23.3 Å². The van der Waals surface area contributed by atoms with E-state index in [2.05, 4.69) is 4.98 Å². The second-order valence-electron chi connectivity index (χ2n) is 9.20. The second kappa shape index (κ2) is 11.1. The highest BCUT2D eigenvalue weighted by Crippen LogP contribution is 2.35. The highest BCUT2D eigenvalue weighted by molar-refractivity contribution is 7.89. The molecule has 0 atom stereocenters. The Hall–Kier alpha value is -3.83. The maximum atomic E-state index is 14.3. The van der Waals surface area contributed by atoms with E-state index in [0.717, 1.165) is 5.56 Å². The van der Waals surface area contributed by atoms with Crippen molar-refractivity contribution in [3.8, 4) is 28.3 Å². The van der Waals surface area contributed by atoms with Crippen LogP contribution in [0.1, 0.15) is 24.3 Å². The van der Waals surface area contributed by atoms with Gasteiger partial charge in [0.2, 0.25) is 15.9 Å². The number of primary sulfonamides is 1. The summed E-state index contributed by atoms with van der Waals surface area (Å²) in [5, 5.41) is 16.1. The molecular formula is C29H27FN2O6S. The molecule has 0 radical (unpaired) electrons. The molecule has 2 heterocycles. The molecule has 0 spiro atoms. The van der Waals surface area contributed by atoms with Gasteiger partial charge in [0, 0.05) is 49.3 Å². The van der Waals surface area contributed by atoms with Crippen molar-refractivity contribution in [2.24, 2.45) is 5.14 Å². The third-order valence-corrected chi connectivity index (χ3v) is 7.40. The summed E-state index contributed by atoms with van der Waals surface area (Å²) in [6.45, 7) is 0.919. The Morgan fingerprint density at radius 3 is 2.44 bits per heavy atom. The van der Waals surface area contributed by atoms with Crippen molar-refractivity contribution in [1.29, 1.82) is 0 Å². The van der Waals surface area contributed by atoms with Crippen LogP contribution in [0.5, 0.6) is 5.75 Å². The van der Waals surface area contributed by atoms with Crippen molar-refractivity contribution in [1.82, 2.24) is 4.98 Å². The number of hydrogen-bond acceptors (Lipinski definition) is 7. The third kappa shape index (κ3) is 6.26. The molecule has 1 saturated heterocycles. The lowest BCUT2D eigenvalue weighted by molar-refractivity contribution is -0.0681. The fraction of sp³-hybridized carbons (Fsp3) is 0.207. The SMILES string of the molecule is NS(=O)(=O)c1ccc(-c2oc(/C=C\COc3cc(F)cc(C4(O)CCOCC4)c3)nc2-c2ccccc2)cc1. The van der Waals surface area contributed by atoms with E-state index in [1.807, 2.05) is 30.3 Å². The molecule has 3 aromatic carbocycles. The van der Waals surface area contributed by atoms with Gasteiger partial charge in [0.15, 0.2) is 5.76 Å². The third-order valence-electron chi connectivity index (χ3n) is 6.47. The molecule has 1 fully saturated rings. The Morgan fingerprint density at radius 1 is 1.03 bits per heavy atom. The highest BCUT2D eigenvalue weighted by atomic mass is 32.2. The van der Waals surface area contributed by atoms with E-state index < -0.39 is 21.4 Å². The zero-order valence-corrected chi connectivity index (χ0v) is 21.7. The van der Waals surface area contributed by atoms with Gasteiger partial charge >= 0.3 is 0 Å². The van der Waals surface area contributed by atoms with E-state index in [1.54, 1.807) is 30.4 Å². The number of aromatic nitrogens is 1. The normalized spacial score (nSPS) is 15.5. The average Bonchev–Trinajstić information content (AvgIpc) is 3.36. The molecule has 3 N–H and O–H groups in total. The smallest absolute Gasteiger partial charge is 0.238 e. The molecule has 5 rings (SSSR count). The first-order valence-electron chi connectivity index (χ1n) is 12.3. The molecule has 10 heteroatoms. The first-order valence-corrected chi connectivity index (χ1v) is 13.9. The van der Waals surface area contributed by atoms with Crippen LogP contribution in [0.3, 0.4) is 0 Å². The van der Waals surface area contributed by atoms with Crippen molar-refractivity contribution >= 4 is 16.1 Å². The topological polar surface area (TPSA) is 125 Å². The summed E-state index contributed by atoms with van der Waals surface area (Å²) < 4.78 is 54.6. The molecule has 1 aliphatic heterocycles. The van der Waals surface area contributed by atoms with Crippen LogP contribution in [0, 0.1) is 5.82 Å². The van der Waals surface area contributed by atoms with Crippen LogP contribution in [0.2, 0.25) is 0 Å². The van der Waals surface area contributed by atoms with E-state index in [-0.39, 0.29) is 11.5 Å². The minimum absolute atomic E-state index is 0.00580. The van der Waals surface area contributed by atoms with Gasteiger partial charge in [-0.3, -0.25) is 0 Å². The van der Waals surface area contributed by atoms with Gasteiger partial charge in [-0.2, -0.15) is 0 Å². The van der Waals surface area contributed by atoms with Gasteiger partial charge < -0.3 is 19.0 Å². The van der Waals surface area contributed by atoms with Crippen LogP contribution in [-0.4, -0.2) is 38.3 Å². The molecule has 1 aromatic heterocycles. The van der Waals surface area contributed by atoms with E-state index >= 15 is 0 Å². The predicted octanol–water partition coefficient (Wildman–Crippen LogP) is 4.89. The van der Waals surface area contributed by atoms with E-state index in [1.165, 1.54) is 24.3 Å². The maximum Gasteiger partial charge on any atom is 0.238 e. The maximum absolute atomic E-state index is 14.3. The Morgan fingerprint density at radius 2 is 1.74 bits per heavy atom. The van der Waals surface area contributed by atoms with E-state index in [9.17, 15) is 17.9 Å². The molecule has 0 bridgehead atoms. The predicted molar refractivity (Wildman–Crippen MR) is 144 cm³/mol. The molecule has 39 heavy (non-hydrogen) atoms. The van der Waals surface area contributed by atoms with Gasteiger partial charge in [-0.15, -0.1) is 0 Å². The minimum atomic E-state index is -3.83. The lowest BCUT2D eigenvalue weighted by Crippen LogP contribution is -2.33. The van der Waals surface area contributed by atoms with Crippen LogP contribution >= 0.6 is 0 Å². The van der Waals surface area contributed by atoms with Gasteiger partial charge in [-0.25, -0.2) is 22.9 Å². The van der Waals surface area contributed by atoms with Gasteiger partial charge in [0.25, 0.3) is 0 Å². The largest absolute Gasteiger partial charge is 0.489 e. The van der Waals surface area contributed by atoms with Gasteiger partial charge in [-0.1, -0.05) is 30.3 Å². The van der Waals surface area contributed by atoms with Gasteiger partial charge in [0.1, 0.15) is 23.9 Å². The van der Waals surface area contributed by atoms with Crippen LogP contribution < -0.4 is 9.88 Å². The summed E-state index contributed by atoms with van der Waals surface area (Å²) in [5.74, 6) is 0.564. The number of benzene rings is 3. The number of nitrogens with two attached hydrogens (primary N) is 1. The van der Waals surface area contributed by atoms with E-state index in [0.29, 0.717) is 60.3 Å². The zero-order chi connectivity index (χ0) is 27.5. The summed E-state index contributed by atoms with van der Waals surface area (Å²) in [5.41, 5.74) is 1.34. The fourth-order valence-electron chi connectivity index (χ4n) is 4.40. The van der Waals surface area contributed by atoms with Crippen LogP contribution in [0.25, 0.3) is 28.7 Å². The molecule has 8 nitrogen and oxygen atoms in total. The lowest BCUT2D eigenvalue weighted by atomic mass is 9.86. The summed E-state index contributed by atoms with van der Waals surface area (Å²) >= 11 is 0. The molecular weight excluding hydrogens is 523 g/mol. The molecule has 202 valence electrons. The van der Waals surface area contributed by atoms with Gasteiger partial charge in [0.05, 0.1) is 10.5 Å². The number of aliphatic hydroxyl groups is 1. The number of hydrogen-bond donors (Lipinski definition) is 2. The van der Waals surface area contributed by atoms with E-state index in [4.69, 9.17) is 19.0 Å². The molecule has 0 aliphatic carbocycles. The van der Waals surface area contributed by atoms with Crippen LogP contribution in [0.15, 0.2) is 88.2 Å². The van der Waals surface area contributed by atoms with Crippen molar-refractivity contribution < 1.29 is 31.8 Å². The highest BCUT2D eigenvalue weighted by Gasteiger charge is 2.32. The second-order valence-corrected chi connectivity index (χ2v) is 10.8. The lowest BCUT2D eigenvalue weighted by Gasteiger charge is -2.32. The molecule has 4 aromatic rings. The van der Waals surface area contributed by atoms with Crippen LogP contribution in [0.4, 0.5) is 4.39 Å². The average molecular weight is 551 g/mol. The quantitative estimate of drug-likeness (QED) is 0.320. The zero-order valence-electron chi connectivity index (χ0n) is 20.9. The monoisotopic (exact) mass is 550 g/mol. The number of sulfonamides is 1. The Balaban J connectivity index is 1.36. The Labute approximate surface area is 225 Å². The molecule has 0 amide bonds. The van der Waals surface area contributed by atoms with Crippen LogP contribution in [-0.2, 0) is 20.4 Å². The Kier molecular flexibility index (Phi) is 7.62. The fourth-order valence-corrected chi connectivity index (χ4v) is 4.91. The molecule has 0 saturated carbocycles. The Bertz CT molecular complexity index is 1580. The number of rotatable bonds is 8. The first kappa shape index (κ1) is 26.8. The van der Waals surface area contributed by atoms with Crippen molar-refractivity contribution in [2.75, 3.05) is 19.8 Å². The standard InChI is InChI=1S/C29H27FN2O6S/c30-23-17-22(29(33)12-15-36-16-13-29)18-24(19-23)37-14-4-7-26-32-27(20-5-2-1-3-6-20)28(38-26)21-8-10-25(11-9-21)39(31,34)35/h1-11,17-19,33H,12-16H2,(H2,31,34,35)/b7-4-. The summed E-state index contributed by atoms with van der Waals surface area (Å²) in [6, 6.07) is 19.7. The number of halogens is 1. The molecule has 1 aliphatic rings. The van der Waals surface area contributed by atoms with Gasteiger partial charge in [-0.05, 0) is 48.0 Å². The van der Waals surface area contributed by atoms with Crippen molar-refractivity contribution in [3.05, 3.63) is 96.1 Å². The van der Waals surface area contributed by atoms with Crippen molar-refractivity contribution in [3.63, 3.8) is 0 Å². The number of ether oxygens (including phenoxy) is 2.